The van der Waals surface area contributed by atoms with E-state index in [1.54, 1.807) is 6.92 Å². The van der Waals surface area contributed by atoms with Crippen LogP contribution in [-0.4, -0.2) is 16.4 Å². The molecule has 0 spiro atoms. The fourth-order valence-electron chi connectivity index (χ4n) is 0.732. The number of hydrogen-bond donors (Lipinski definition) is 0. The van der Waals surface area contributed by atoms with Crippen molar-refractivity contribution < 1.29 is 13.7 Å². The van der Waals surface area contributed by atoms with Gasteiger partial charge in [-0.15, -0.1) is 0 Å². The molecular formula is C9H13NO3S. The SMILES string of the molecule is C/C=C/C=C/CC(C)OC(=O)N=S=O. The summed E-state index contributed by atoms with van der Waals surface area (Å²) in [7, 11) is 0. The Morgan fingerprint density at radius 1 is 1.57 bits per heavy atom. The first kappa shape index (κ1) is 12.8. The maximum Gasteiger partial charge on any atom is 0.447 e. The summed E-state index contributed by atoms with van der Waals surface area (Å²) < 4.78 is 17.6. The Morgan fingerprint density at radius 2 is 2.29 bits per heavy atom. The fraction of sp³-hybridized carbons (Fsp3) is 0.444. The average molecular weight is 215 g/mol. The van der Waals surface area contributed by atoms with Crippen LogP contribution in [0, 0.1) is 0 Å². The zero-order valence-electron chi connectivity index (χ0n) is 8.17. The van der Waals surface area contributed by atoms with Crippen molar-refractivity contribution in [3.63, 3.8) is 0 Å². The second kappa shape index (κ2) is 8.37. The first-order chi connectivity index (χ1) is 6.70. The van der Waals surface area contributed by atoms with Crippen LogP contribution in [-0.2, 0) is 16.2 Å². The van der Waals surface area contributed by atoms with Crippen molar-refractivity contribution in [3.8, 4) is 0 Å². The Balaban J connectivity index is 3.80. The molecule has 0 aromatic rings. The van der Waals surface area contributed by atoms with E-state index in [-0.39, 0.29) is 17.6 Å². The molecule has 0 aliphatic carbocycles. The summed E-state index contributed by atoms with van der Waals surface area (Å²) in [5.41, 5.74) is 0. The van der Waals surface area contributed by atoms with Crippen LogP contribution in [0.4, 0.5) is 4.79 Å². The van der Waals surface area contributed by atoms with Gasteiger partial charge in [0.25, 0.3) is 0 Å². The molecule has 0 aromatic heterocycles. The molecule has 0 saturated heterocycles. The van der Waals surface area contributed by atoms with Crippen molar-refractivity contribution in [1.82, 2.24) is 0 Å². The lowest BCUT2D eigenvalue weighted by molar-refractivity contribution is 0.118. The van der Waals surface area contributed by atoms with E-state index < -0.39 is 6.09 Å². The molecule has 0 radical (unpaired) electrons. The molecule has 0 bridgehead atoms. The molecule has 4 nitrogen and oxygen atoms in total. The second-order valence-corrected chi connectivity index (χ2v) is 2.88. The zero-order valence-corrected chi connectivity index (χ0v) is 8.99. The van der Waals surface area contributed by atoms with Crippen LogP contribution in [0.15, 0.2) is 28.7 Å². The smallest absolute Gasteiger partial charge is 0.444 e. The van der Waals surface area contributed by atoms with Crippen molar-refractivity contribution in [2.24, 2.45) is 4.36 Å². The quantitative estimate of drug-likeness (QED) is 0.677. The van der Waals surface area contributed by atoms with Gasteiger partial charge in [0, 0.05) is 6.42 Å². The van der Waals surface area contributed by atoms with E-state index in [1.165, 1.54) is 0 Å². The van der Waals surface area contributed by atoms with Crippen LogP contribution in [0.25, 0.3) is 0 Å². The third-order valence-electron chi connectivity index (χ3n) is 1.32. The van der Waals surface area contributed by atoms with Crippen LogP contribution in [0.3, 0.4) is 0 Å². The van der Waals surface area contributed by atoms with E-state index in [4.69, 9.17) is 4.74 Å². The third kappa shape index (κ3) is 7.42. The lowest BCUT2D eigenvalue weighted by Gasteiger charge is -2.06. The summed E-state index contributed by atoms with van der Waals surface area (Å²) in [5.74, 6) is 0. The Bertz CT molecular complexity index is 280. The van der Waals surface area contributed by atoms with Gasteiger partial charge in [-0.05, 0) is 13.8 Å². The van der Waals surface area contributed by atoms with E-state index >= 15 is 0 Å². The van der Waals surface area contributed by atoms with Gasteiger partial charge in [-0.1, -0.05) is 28.7 Å². The molecule has 0 fully saturated rings. The van der Waals surface area contributed by atoms with Crippen molar-refractivity contribution in [1.29, 1.82) is 0 Å². The predicted octanol–water partition coefficient (Wildman–Crippen LogP) is 2.43. The minimum atomic E-state index is -0.822. The number of allylic oxidation sites excluding steroid dienone is 3. The van der Waals surface area contributed by atoms with E-state index in [0.717, 1.165) is 0 Å². The van der Waals surface area contributed by atoms with Crippen LogP contribution in [0.5, 0.6) is 0 Å². The van der Waals surface area contributed by atoms with Gasteiger partial charge in [-0.3, -0.25) is 0 Å². The summed E-state index contributed by atoms with van der Waals surface area (Å²) in [6.45, 7) is 3.65. The topological polar surface area (TPSA) is 55.7 Å². The molecule has 0 rings (SSSR count). The van der Waals surface area contributed by atoms with Crippen LogP contribution in [0.1, 0.15) is 20.3 Å². The van der Waals surface area contributed by atoms with Gasteiger partial charge in [0.05, 0.1) is 0 Å². The normalized spacial score (nSPS) is 13.0. The van der Waals surface area contributed by atoms with Gasteiger partial charge in [0.2, 0.25) is 11.5 Å². The van der Waals surface area contributed by atoms with Crippen molar-refractivity contribution in [2.75, 3.05) is 0 Å². The monoisotopic (exact) mass is 215 g/mol. The van der Waals surface area contributed by atoms with Gasteiger partial charge in [-0.25, -0.2) is 4.79 Å². The van der Waals surface area contributed by atoms with Crippen LogP contribution >= 0.6 is 0 Å². The minimum absolute atomic E-state index is 0.145. The van der Waals surface area contributed by atoms with E-state index in [9.17, 15) is 9.00 Å². The molecule has 78 valence electrons. The Labute approximate surface area is 86.9 Å². The van der Waals surface area contributed by atoms with Gasteiger partial charge in [0.15, 0.2) is 0 Å². The molecule has 1 atom stereocenters. The number of nitrogens with zero attached hydrogens (tertiary/aromatic N) is 1. The average Bonchev–Trinajstić information content (AvgIpc) is 2.13. The van der Waals surface area contributed by atoms with Crippen LogP contribution in [0.2, 0.25) is 0 Å². The molecular weight excluding hydrogens is 202 g/mol. The third-order valence-corrected chi connectivity index (χ3v) is 1.55. The van der Waals surface area contributed by atoms with Gasteiger partial charge in [0.1, 0.15) is 6.10 Å². The Morgan fingerprint density at radius 3 is 2.86 bits per heavy atom. The summed E-state index contributed by atoms with van der Waals surface area (Å²) in [4.78, 5) is 10.7. The minimum Gasteiger partial charge on any atom is -0.444 e. The molecule has 14 heavy (non-hydrogen) atoms. The Kier molecular flexibility index (Phi) is 7.64. The maximum atomic E-state index is 10.7. The highest BCUT2D eigenvalue weighted by atomic mass is 32.1. The molecule has 0 aliphatic heterocycles. The summed E-state index contributed by atoms with van der Waals surface area (Å²) in [6.07, 6.45) is 7.04. The van der Waals surface area contributed by atoms with E-state index in [0.29, 0.717) is 6.42 Å². The number of carbonyl (C=O) groups excluding carboxylic acids is 1. The first-order valence-electron chi connectivity index (χ1n) is 4.19. The van der Waals surface area contributed by atoms with E-state index in [1.807, 2.05) is 31.2 Å². The summed E-state index contributed by atoms with van der Waals surface area (Å²) >= 11 is -0.145. The van der Waals surface area contributed by atoms with Crippen molar-refractivity contribution in [2.45, 2.75) is 26.4 Å². The highest BCUT2D eigenvalue weighted by Crippen LogP contribution is 2.00. The predicted molar refractivity (Wildman–Crippen MR) is 55.1 cm³/mol. The molecule has 0 aromatic carbocycles. The zero-order chi connectivity index (χ0) is 10.8. The van der Waals surface area contributed by atoms with Crippen molar-refractivity contribution >= 4 is 17.6 Å². The number of hydrogen-bond acceptors (Lipinski definition) is 3. The lowest BCUT2D eigenvalue weighted by Crippen LogP contribution is -2.10. The number of carbonyl (C=O) groups is 1. The standard InChI is InChI=1S/C9H13NO3S/c1-3-4-5-6-7-8(2)13-9(11)10-14-12/h3-6,8H,7H2,1-2H3/b4-3+,6-5+. The largest absolute Gasteiger partial charge is 0.447 e. The van der Waals surface area contributed by atoms with Gasteiger partial charge in [-0.2, -0.15) is 4.21 Å². The summed E-state index contributed by atoms with van der Waals surface area (Å²) in [6, 6.07) is 0. The second-order valence-electron chi connectivity index (χ2n) is 2.55. The van der Waals surface area contributed by atoms with Crippen LogP contribution < -0.4 is 0 Å². The molecule has 1 unspecified atom stereocenters. The van der Waals surface area contributed by atoms with E-state index in [2.05, 4.69) is 4.36 Å². The molecule has 0 aliphatic rings. The highest BCUT2D eigenvalue weighted by Gasteiger charge is 2.05. The molecule has 5 heteroatoms. The molecule has 0 N–H and O–H groups in total. The van der Waals surface area contributed by atoms with Crippen molar-refractivity contribution in [3.05, 3.63) is 24.3 Å². The van der Waals surface area contributed by atoms with Gasteiger partial charge >= 0.3 is 6.09 Å². The lowest BCUT2D eigenvalue weighted by atomic mass is 10.2. The highest BCUT2D eigenvalue weighted by molar-refractivity contribution is 7.55. The molecule has 1 amide bonds. The number of ether oxygens (including phenoxy) is 1. The first-order valence-corrected chi connectivity index (χ1v) is 4.89. The summed E-state index contributed by atoms with van der Waals surface area (Å²) in [5, 5.41) is 0. The molecule has 0 heterocycles. The Hall–Kier alpha value is -1.23. The maximum absolute atomic E-state index is 10.7. The number of amides is 1. The van der Waals surface area contributed by atoms with Gasteiger partial charge < -0.3 is 4.74 Å². The number of rotatable bonds is 4. The molecule has 0 saturated carbocycles. The fourth-order valence-corrected chi connectivity index (χ4v) is 0.836.